The molecule has 0 aromatic rings. The van der Waals surface area contributed by atoms with E-state index < -0.39 is 0 Å². The minimum atomic E-state index is 0.0880. The quantitative estimate of drug-likeness (QED) is 0.529. The molecule has 1 rings (SSSR count). The van der Waals surface area contributed by atoms with Crippen LogP contribution >= 0.6 is 0 Å². The minimum Gasteiger partial charge on any atom is -0.213 e. The first-order valence-corrected chi connectivity index (χ1v) is 4.38. The van der Waals surface area contributed by atoms with Gasteiger partial charge in [0.1, 0.15) is 0 Å². The molecular formula is C9H16FN. The van der Waals surface area contributed by atoms with Gasteiger partial charge in [-0.05, 0) is 25.7 Å². The third-order valence-corrected chi connectivity index (χ3v) is 2.35. The largest absolute Gasteiger partial charge is 0.213 e. The van der Waals surface area contributed by atoms with Gasteiger partial charge in [-0.15, -0.1) is 4.48 Å². The lowest BCUT2D eigenvalue weighted by Gasteiger charge is -2.22. The number of rotatable bonds is 1. The molecule has 0 radical (unpaired) electrons. The van der Waals surface area contributed by atoms with E-state index in [1.54, 1.807) is 0 Å². The van der Waals surface area contributed by atoms with Gasteiger partial charge in [-0.3, -0.25) is 0 Å². The van der Waals surface area contributed by atoms with Crippen LogP contribution in [0.3, 0.4) is 0 Å². The summed E-state index contributed by atoms with van der Waals surface area (Å²) in [5.74, 6) is 0. The molecule has 2 heteroatoms. The topological polar surface area (TPSA) is 3.24 Å². The predicted octanol–water partition coefficient (Wildman–Crippen LogP) is 3.04. The predicted molar refractivity (Wildman–Crippen MR) is 44.6 cm³/mol. The second-order valence-corrected chi connectivity index (χ2v) is 3.19. The standard InChI is InChI=1S/C9H16FN/c1-3-9-7-5-4-6-8(2)11(9)10/h9H,2-7H2,1H3. The second-order valence-electron chi connectivity index (χ2n) is 3.19. The van der Waals surface area contributed by atoms with Gasteiger partial charge in [0.25, 0.3) is 0 Å². The molecule has 64 valence electrons. The van der Waals surface area contributed by atoms with Crippen LogP contribution in [0.2, 0.25) is 0 Å². The molecule has 0 aliphatic carbocycles. The van der Waals surface area contributed by atoms with Crippen molar-refractivity contribution in [2.45, 2.75) is 45.1 Å². The molecule has 1 unspecified atom stereocenters. The number of hydrogen-bond donors (Lipinski definition) is 0. The van der Waals surface area contributed by atoms with E-state index in [0.29, 0.717) is 5.70 Å². The first-order chi connectivity index (χ1) is 5.25. The molecule has 0 spiro atoms. The lowest BCUT2D eigenvalue weighted by atomic mass is 10.1. The molecule has 1 aliphatic rings. The first-order valence-electron chi connectivity index (χ1n) is 4.38. The van der Waals surface area contributed by atoms with E-state index in [1.807, 2.05) is 6.92 Å². The van der Waals surface area contributed by atoms with Crippen molar-refractivity contribution in [3.63, 3.8) is 0 Å². The van der Waals surface area contributed by atoms with Crippen LogP contribution in [-0.2, 0) is 0 Å². The molecule has 0 aromatic heterocycles. The van der Waals surface area contributed by atoms with E-state index >= 15 is 0 Å². The molecule has 0 N–H and O–H groups in total. The molecule has 1 saturated heterocycles. The van der Waals surface area contributed by atoms with Crippen LogP contribution in [0, 0.1) is 0 Å². The summed E-state index contributed by atoms with van der Waals surface area (Å²) >= 11 is 0. The molecule has 0 aromatic carbocycles. The summed E-state index contributed by atoms with van der Waals surface area (Å²) in [4.78, 5) is 0. The highest BCUT2D eigenvalue weighted by Crippen LogP contribution is 2.25. The van der Waals surface area contributed by atoms with Crippen molar-refractivity contribution < 1.29 is 4.48 Å². The summed E-state index contributed by atoms with van der Waals surface area (Å²) in [5, 5.41) is 0.868. The summed E-state index contributed by atoms with van der Waals surface area (Å²) in [6.45, 7) is 5.73. The van der Waals surface area contributed by atoms with Gasteiger partial charge >= 0.3 is 0 Å². The van der Waals surface area contributed by atoms with Crippen LogP contribution < -0.4 is 0 Å². The maximum absolute atomic E-state index is 13.2. The maximum atomic E-state index is 13.2. The molecule has 1 atom stereocenters. The third-order valence-electron chi connectivity index (χ3n) is 2.35. The van der Waals surface area contributed by atoms with Gasteiger partial charge in [-0.25, -0.2) is 5.12 Å². The van der Waals surface area contributed by atoms with Crippen molar-refractivity contribution in [2.75, 3.05) is 0 Å². The van der Waals surface area contributed by atoms with Crippen LogP contribution in [0.5, 0.6) is 0 Å². The summed E-state index contributed by atoms with van der Waals surface area (Å²) in [6, 6.07) is 0.0880. The fourth-order valence-electron chi connectivity index (χ4n) is 1.55. The van der Waals surface area contributed by atoms with Gasteiger partial charge < -0.3 is 0 Å². The first kappa shape index (κ1) is 8.57. The zero-order valence-corrected chi connectivity index (χ0v) is 7.15. The van der Waals surface area contributed by atoms with Gasteiger partial charge in [-0.2, -0.15) is 0 Å². The highest BCUT2D eigenvalue weighted by molar-refractivity contribution is 4.94. The molecule has 1 heterocycles. The van der Waals surface area contributed by atoms with Crippen LogP contribution in [0.1, 0.15) is 39.0 Å². The van der Waals surface area contributed by atoms with E-state index in [4.69, 9.17) is 0 Å². The lowest BCUT2D eigenvalue weighted by Crippen LogP contribution is -2.24. The Kier molecular flexibility index (Phi) is 2.92. The van der Waals surface area contributed by atoms with E-state index in [0.717, 1.165) is 37.2 Å². The normalized spacial score (nSPS) is 26.9. The molecule has 1 aliphatic heterocycles. The van der Waals surface area contributed by atoms with Crippen LogP contribution in [0.4, 0.5) is 4.48 Å². The van der Waals surface area contributed by atoms with Gasteiger partial charge in [-0.1, -0.05) is 19.9 Å². The van der Waals surface area contributed by atoms with E-state index in [2.05, 4.69) is 6.58 Å². The van der Waals surface area contributed by atoms with Gasteiger partial charge in [0, 0.05) is 5.70 Å². The fraction of sp³-hybridized carbons (Fsp3) is 0.778. The fourth-order valence-corrected chi connectivity index (χ4v) is 1.55. The summed E-state index contributed by atoms with van der Waals surface area (Å²) < 4.78 is 13.2. The van der Waals surface area contributed by atoms with Crippen molar-refractivity contribution in [1.29, 1.82) is 0 Å². The van der Waals surface area contributed by atoms with Gasteiger partial charge in [0.15, 0.2) is 0 Å². The average Bonchev–Trinajstić information content (AvgIpc) is 2.16. The molecule has 0 bridgehead atoms. The Morgan fingerprint density at radius 2 is 2.36 bits per heavy atom. The van der Waals surface area contributed by atoms with Crippen molar-refractivity contribution in [3.05, 3.63) is 12.3 Å². The zero-order chi connectivity index (χ0) is 8.27. The third kappa shape index (κ3) is 1.95. The Labute approximate surface area is 67.8 Å². The summed E-state index contributed by atoms with van der Waals surface area (Å²) in [6.07, 6.45) is 4.92. The van der Waals surface area contributed by atoms with Gasteiger partial charge in [0.2, 0.25) is 0 Å². The highest BCUT2D eigenvalue weighted by Gasteiger charge is 2.20. The Balaban J connectivity index is 2.56. The molecule has 1 nitrogen and oxygen atoms in total. The molecule has 0 saturated carbocycles. The monoisotopic (exact) mass is 157 g/mol. The maximum Gasteiger partial charge on any atom is 0.0609 e. The Morgan fingerprint density at radius 3 is 3.00 bits per heavy atom. The van der Waals surface area contributed by atoms with Crippen LogP contribution in [0.15, 0.2) is 12.3 Å². The van der Waals surface area contributed by atoms with E-state index in [9.17, 15) is 4.48 Å². The number of halogens is 1. The van der Waals surface area contributed by atoms with Crippen LogP contribution in [-0.4, -0.2) is 11.2 Å². The second kappa shape index (κ2) is 3.74. The average molecular weight is 157 g/mol. The Morgan fingerprint density at radius 1 is 1.64 bits per heavy atom. The van der Waals surface area contributed by atoms with Gasteiger partial charge in [0.05, 0.1) is 6.04 Å². The molecule has 11 heavy (non-hydrogen) atoms. The summed E-state index contributed by atoms with van der Waals surface area (Å²) in [5.41, 5.74) is 0.661. The Bertz CT molecular complexity index is 144. The van der Waals surface area contributed by atoms with Crippen molar-refractivity contribution in [1.82, 2.24) is 5.12 Å². The number of nitrogens with zero attached hydrogens (tertiary/aromatic N) is 1. The highest BCUT2D eigenvalue weighted by atomic mass is 19.2. The number of hydrogen-bond acceptors (Lipinski definition) is 1. The lowest BCUT2D eigenvalue weighted by molar-refractivity contribution is 0.0162. The smallest absolute Gasteiger partial charge is 0.0609 e. The van der Waals surface area contributed by atoms with Crippen molar-refractivity contribution in [3.8, 4) is 0 Å². The van der Waals surface area contributed by atoms with E-state index in [1.165, 1.54) is 0 Å². The zero-order valence-electron chi connectivity index (χ0n) is 7.15. The SMILES string of the molecule is C=C1CCCCC(CC)N1F. The minimum absolute atomic E-state index is 0.0880. The summed E-state index contributed by atoms with van der Waals surface area (Å²) in [7, 11) is 0. The number of allylic oxidation sites excluding steroid dienone is 1. The van der Waals surface area contributed by atoms with E-state index in [-0.39, 0.29) is 6.04 Å². The van der Waals surface area contributed by atoms with Crippen molar-refractivity contribution in [2.24, 2.45) is 0 Å². The molecular weight excluding hydrogens is 141 g/mol. The van der Waals surface area contributed by atoms with Crippen LogP contribution in [0.25, 0.3) is 0 Å². The molecule has 1 fully saturated rings. The van der Waals surface area contributed by atoms with Crippen molar-refractivity contribution >= 4 is 0 Å². The molecule has 0 amide bonds. The Hall–Kier alpha value is -0.530.